The van der Waals surface area contributed by atoms with Crippen LogP contribution < -0.4 is 11.1 Å². The third-order valence-corrected chi connectivity index (χ3v) is 15.3. The molecule has 2 aliphatic heterocycles. The lowest BCUT2D eigenvalue weighted by Gasteiger charge is -2.23. The Hall–Kier alpha value is -4.45. The van der Waals surface area contributed by atoms with Gasteiger partial charge in [0.15, 0.2) is 78.5 Å². The van der Waals surface area contributed by atoms with Crippen molar-refractivity contribution in [3.63, 3.8) is 0 Å². The molecule has 2 saturated heterocycles. The zero-order valence-electron chi connectivity index (χ0n) is 56.6. The standard InChI is InChI=1S/C26H32F2N6O4S.C17H24ClN5O4S.C9H9F2N/c1-4-9-39-25-30-23(29-17-11-14(17)13-5-6-15(27)16(28)10-13)20-24(31-25)34(33-32-20)18-12-19(36-8-7-35)22-21(18)37-26(2,3)38-22;1-4-7-28-16-19-14(18)11-15(20-16)23(22-21-11)9-8-10(25-6-5-24)13-12(9)26-17(2,3)27-13;10-7-2-1-5(3-8(7)11)6-4-9(6)12/h5-6,10,14,17-19,21-22,35H,4,7-9,11-12H2,1-3H3,(H,29,30,31);9-10,12-13,24H,4-8H2,1-3H3;1-3,6,9H,4,12H2/t14-,17+,18+,19-,21-,22+;9-,10+,12+,13-;6-,9+/m010/s1/i1D3,4D2,9D2;1D3,4D2,7D2;. The summed E-state index contributed by atoms with van der Waals surface area (Å²) in [6.07, 6.45) is -7.26. The van der Waals surface area contributed by atoms with Crippen molar-refractivity contribution in [2.45, 2.75) is 174 Å². The van der Waals surface area contributed by atoms with Gasteiger partial charge >= 0.3 is 0 Å². The Bertz CT molecular complexity index is 3730. The van der Waals surface area contributed by atoms with Crippen molar-refractivity contribution < 1.29 is 75.4 Å². The van der Waals surface area contributed by atoms with E-state index in [-0.39, 0.29) is 117 Å². The van der Waals surface area contributed by atoms with E-state index in [4.69, 9.17) is 64.9 Å². The van der Waals surface area contributed by atoms with Crippen molar-refractivity contribution >= 4 is 63.3 Å². The Morgan fingerprint density at radius 1 is 0.696 bits per heavy atom. The van der Waals surface area contributed by atoms with Gasteiger partial charge in [0.1, 0.15) is 24.4 Å². The Kier molecular flexibility index (Phi) is 13.0. The predicted octanol–water partition coefficient (Wildman–Crippen LogP) is 7.81. The summed E-state index contributed by atoms with van der Waals surface area (Å²) in [5.74, 6) is -5.22. The van der Waals surface area contributed by atoms with Gasteiger partial charge in [0, 0.05) is 67.4 Å². The number of nitrogens with zero attached hydrogens (tertiary/aromatic N) is 10. The number of thioether (sulfide) groups is 2. The van der Waals surface area contributed by atoms with Crippen LogP contribution >= 0.6 is 35.1 Å². The number of hydrogen-bond acceptors (Lipinski definition) is 20. The van der Waals surface area contributed by atoms with Gasteiger partial charge in [-0.05, 0) is 88.7 Å². The highest BCUT2D eigenvalue weighted by molar-refractivity contribution is 7.99. The molecular formula is C52H65ClF4N12O8S2. The summed E-state index contributed by atoms with van der Waals surface area (Å²) < 4.78 is 201. The lowest BCUT2D eigenvalue weighted by atomic mass is 10.1. The van der Waals surface area contributed by atoms with Crippen molar-refractivity contribution in [3.8, 4) is 0 Å². The van der Waals surface area contributed by atoms with Gasteiger partial charge in [0.05, 0.1) is 50.7 Å². The van der Waals surface area contributed by atoms with Gasteiger partial charge in [-0.25, -0.2) is 46.9 Å². The molecule has 79 heavy (non-hydrogen) atoms. The van der Waals surface area contributed by atoms with Gasteiger partial charge in [-0.3, -0.25) is 0 Å². The van der Waals surface area contributed by atoms with Gasteiger partial charge in [-0.1, -0.05) is 71.4 Å². The predicted molar refractivity (Wildman–Crippen MR) is 285 cm³/mol. The molecule has 20 nitrogen and oxygen atoms in total. The molecular weight excluding hydrogens is 1100 g/mol. The number of fused-ring (bicyclic) bond motifs is 4. The molecule has 6 aromatic rings. The van der Waals surface area contributed by atoms with E-state index in [1.807, 2.05) is 0 Å². The maximum atomic E-state index is 13.9. The fraction of sp³-hybridized carbons (Fsp3) is 0.615. The number of aromatic nitrogens is 10. The quantitative estimate of drug-likeness (QED) is 0.0277. The highest BCUT2D eigenvalue weighted by Gasteiger charge is 2.57. The minimum absolute atomic E-state index is 0.0700. The Morgan fingerprint density at radius 2 is 1.18 bits per heavy atom. The molecule has 0 amide bonds. The molecule has 4 aliphatic carbocycles. The molecule has 27 heteroatoms. The van der Waals surface area contributed by atoms with Crippen LogP contribution in [-0.4, -0.2) is 158 Å². The van der Waals surface area contributed by atoms with Crippen molar-refractivity contribution in [3.05, 3.63) is 75.9 Å². The number of rotatable bonds is 18. The molecule has 6 heterocycles. The van der Waals surface area contributed by atoms with E-state index in [9.17, 15) is 27.8 Å². The van der Waals surface area contributed by atoms with E-state index in [1.165, 1.54) is 21.5 Å². The minimum Gasteiger partial charge on any atom is -0.394 e. The molecule has 12 atom stereocenters. The fourth-order valence-electron chi connectivity index (χ4n) is 10.4. The van der Waals surface area contributed by atoms with Gasteiger partial charge in [-0.15, -0.1) is 10.2 Å². The SMILES string of the molecule is N[C@@H]1C[C@H]1c1ccc(F)c(F)c1.[2H]C([2H])([2H])C([2H])([2H])C([2H])([2H])Sc1nc(Cl)c2nnn([C@@H]3C[C@H](OCCO)[C@H]4OC(C)(C)O[C@H]43)c2n1.[2H]C([2H])([2H])C([2H])([2H])C([2H])([2H])Sc1nc(N[C@@H]2C[C@H]2c2ccc(F)c(F)c2)c2nnn([C@@H]3C[C@H](OCCO)[C@H]4OC(C)(C)O[C@H]43)c2n1. The summed E-state index contributed by atoms with van der Waals surface area (Å²) in [7, 11) is 0. The molecule has 0 radical (unpaired) electrons. The minimum atomic E-state index is -3.29. The Balaban J connectivity index is 0.000000176. The Morgan fingerprint density at radius 3 is 1.67 bits per heavy atom. The number of ether oxygens (including phenoxy) is 6. The summed E-state index contributed by atoms with van der Waals surface area (Å²) in [4.78, 5) is 17.1. The first-order chi connectivity index (χ1) is 43.2. The van der Waals surface area contributed by atoms with E-state index in [1.54, 1.807) is 33.8 Å². The zero-order chi connectivity index (χ0) is 68.1. The van der Waals surface area contributed by atoms with E-state index < -0.39 is 121 Å². The van der Waals surface area contributed by atoms with Crippen LogP contribution in [0, 0.1) is 23.3 Å². The molecule has 428 valence electrons. The van der Waals surface area contributed by atoms with Crippen molar-refractivity contribution in [2.24, 2.45) is 5.73 Å². The third kappa shape index (κ3) is 12.8. The molecule has 4 aromatic heterocycles. The molecule has 0 unspecified atom stereocenters. The van der Waals surface area contributed by atoms with Crippen LogP contribution in [0.15, 0.2) is 46.7 Å². The second kappa shape index (κ2) is 24.2. The van der Waals surface area contributed by atoms with Crippen LogP contribution in [0.5, 0.6) is 0 Å². The average molecular weight is 1180 g/mol. The van der Waals surface area contributed by atoms with Crippen LogP contribution in [0.2, 0.25) is 5.15 Å². The molecule has 0 bridgehead atoms. The number of aliphatic hydroxyl groups excluding tert-OH is 2. The van der Waals surface area contributed by atoms with Crippen molar-refractivity contribution in [1.29, 1.82) is 0 Å². The zero-order valence-corrected chi connectivity index (χ0v) is 45.0. The largest absolute Gasteiger partial charge is 0.394 e. The van der Waals surface area contributed by atoms with Gasteiger partial charge in [-0.2, -0.15) is 0 Å². The van der Waals surface area contributed by atoms with Crippen molar-refractivity contribution in [2.75, 3.05) is 43.2 Å². The number of halogens is 5. The molecule has 2 aromatic carbocycles. The van der Waals surface area contributed by atoms with Crippen LogP contribution in [0.1, 0.15) is 134 Å². The van der Waals surface area contributed by atoms with Crippen LogP contribution in [0.3, 0.4) is 0 Å². The van der Waals surface area contributed by atoms with Gasteiger partial charge in [0.25, 0.3) is 0 Å². The normalized spacial score (nSPS) is 32.5. The van der Waals surface area contributed by atoms with E-state index in [2.05, 4.69) is 45.9 Å². The van der Waals surface area contributed by atoms with E-state index in [0.717, 1.165) is 30.2 Å². The van der Waals surface area contributed by atoms with E-state index >= 15 is 0 Å². The molecule has 0 spiro atoms. The summed E-state index contributed by atoms with van der Waals surface area (Å²) in [6, 6.07) is 6.46. The molecule has 12 rings (SSSR count). The fourth-order valence-corrected chi connectivity index (χ4v) is 11.5. The van der Waals surface area contributed by atoms with E-state index in [0.29, 0.717) is 24.8 Å². The molecule has 6 fully saturated rings. The first-order valence-corrected chi connectivity index (χ1v) is 27.1. The first-order valence-electron chi connectivity index (χ1n) is 32.1. The summed E-state index contributed by atoms with van der Waals surface area (Å²) in [5.41, 5.74) is 1.62. The second-order valence-electron chi connectivity index (χ2n) is 20.2. The smallest absolute Gasteiger partial charge is 0.191 e. The Labute approximate surface area is 486 Å². The summed E-state index contributed by atoms with van der Waals surface area (Å²) in [6.45, 7) is 0.334. The number of anilines is 1. The topological polar surface area (TPSA) is 247 Å². The molecule has 4 saturated carbocycles. The first kappa shape index (κ1) is 42.4. The highest BCUT2D eigenvalue weighted by Crippen LogP contribution is 2.48. The maximum Gasteiger partial charge on any atom is 0.191 e. The third-order valence-electron chi connectivity index (χ3n) is 13.9. The number of nitrogens with two attached hydrogens (primary N) is 1. The molecule has 6 aliphatic rings. The summed E-state index contributed by atoms with van der Waals surface area (Å²) >= 11 is 6.67. The number of hydrogen-bond donors (Lipinski definition) is 4. The lowest BCUT2D eigenvalue weighted by Crippen LogP contribution is -2.31. The highest BCUT2D eigenvalue weighted by atomic mass is 35.5. The second-order valence-corrected chi connectivity index (χ2v) is 22.1. The van der Waals surface area contributed by atoms with Gasteiger partial charge in [0.2, 0.25) is 0 Å². The maximum absolute atomic E-state index is 13.9. The van der Waals surface area contributed by atoms with Gasteiger partial charge < -0.3 is 49.7 Å². The number of benzene rings is 2. The van der Waals surface area contributed by atoms with Crippen LogP contribution in [-0.2, 0) is 28.4 Å². The summed E-state index contributed by atoms with van der Waals surface area (Å²) in [5, 5.41) is 37.8. The molecule has 5 N–H and O–H groups in total. The van der Waals surface area contributed by atoms with Crippen LogP contribution in [0.4, 0.5) is 23.4 Å². The van der Waals surface area contributed by atoms with Crippen LogP contribution in [0.25, 0.3) is 22.3 Å². The van der Waals surface area contributed by atoms with Crippen molar-refractivity contribution in [1.82, 2.24) is 49.9 Å². The monoisotopic (exact) mass is 1170 g/mol. The number of aliphatic hydroxyl groups is 2. The average Bonchev–Trinajstić information content (AvgIpc) is 1.63. The lowest BCUT2D eigenvalue weighted by molar-refractivity contribution is -0.171. The number of nitrogens with one attached hydrogen (secondary N) is 1.